The molecule has 2 aromatic heterocycles. The number of amides is 1. The van der Waals surface area contributed by atoms with E-state index in [0.29, 0.717) is 0 Å². The van der Waals surface area contributed by atoms with Gasteiger partial charge in [-0.25, -0.2) is 0 Å². The number of thiol groups is 1. The summed E-state index contributed by atoms with van der Waals surface area (Å²) >= 11 is 7.05. The van der Waals surface area contributed by atoms with Crippen LogP contribution in [-0.4, -0.2) is 22.6 Å². The Labute approximate surface area is 138 Å². The van der Waals surface area contributed by atoms with E-state index in [-0.39, 0.29) is 11.7 Å². The van der Waals surface area contributed by atoms with Crippen LogP contribution in [0.25, 0.3) is 10.2 Å². The van der Waals surface area contributed by atoms with E-state index in [0.717, 1.165) is 47.8 Å². The van der Waals surface area contributed by atoms with Gasteiger partial charge in [0.25, 0.3) is 0 Å². The fourth-order valence-corrected chi connectivity index (χ4v) is 3.73. The van der Waals surface area contributed by atoms with Gasteiger partial charge in [-0.2, -0.15) is 17.0 Å². The first-order chi connectivity index (χ1) is 10.2. The first-order valence-corrected chi connectivity index (χ1v) is 9.14. The topological polar surface area (TPSA) is 54.0 Å². The molecule has 0 saturated carbocycles. The molecule has 0 aliphatic heterocycles. The number of allylic oxidation sites excluding steroid dienone is 1. The van der Waals surface area contributed by atoms with E-state index in [1.807, 2.05) is 0 Å². The number of thiophene rings is 1. The normalized spacial score (nSPS) is 10.7. The van der Waals surface area contributed by atoms with Crippen molar-refractivity contribution in [2.75, 3.05) is 17.6 Å². The van der Waals surface area contributed by atoms with Gasteiger partial charge in [0.1, 0.15) is 9.83 Å². The maximum Gasteiger partial charge on any atom is 0.229 e. The number of rotatable bonds is 9. The molecule has 0 unspecified atom stereocenters. The van der Waals surface area contributed by atoms with Crippen LogP contribution in [0.3, 0.4) is 0 Å². The number of aromatic nitrogens is 1. The highest BCUT2D eigenvalue weighted by Crippen LogP contribution is 2.32. The largest absolute Gasteiger partial charge is 0.355 e. The second-order valence-electron chi connectivity index (χ2n) is 4.70. The lowest BCUT2D eigenvalue weighted by Crippen LogP contribution is -2.25. The number of nitrogens with one attached hydrogen (secondary N) is 2. The number of fused-ring (bicyclic) bond motifs is 1. The molecule has 2 rings (SSSR count). The predicted octanol–water partition coefficient (Wildman–Crippen LogP) is 3.89. The quantitative estimate of drug-likeness (QED) is 0.479. The van der Waals surface area contributed by atoms with Crippen LogP contribution in [0.4, 0.5) is 5.00 Å². The van der Waals surface area contributed by atoms with Gasteiger partial charge in [-0.15, -0.1) is 11.3 Å². The summed E-state index contributed by atoms with van der Waals surface area (Å²) in [6, 6.07) is 2.09. The van der Waals surface area contributed by atoms with E-state index in [2.05, 4.69) is 45.7 Å². The molecule has 2 aromatic rings. The molecule has 21 heavy (non-hydrogen) atoms. The van der Waals surface area contributed by atoms with E-state index >= 15 is 0 Å². The number of carbonyl (C=O) groups excluding carboxylic acids is 1. The number of hydrogen-bond donors (Lipinski definition) is 3. The number of nitrogens with zero attached hydrogens (tertiary/aromatic N) is 1. The van der Waals surface area contributed by atoms with E-state index in [4.69, 9.17) is 0 Å². The molecule has 7 heteroatoms. The van der Waals surface area contributed by atoms with Crippen molar-refractivity contribution in [3.63, 3.8) is 0 Å². The summed E-state index contributed by atoms with van der Waals surface area (Å²) in [6.07, 6.45) is 4.06. The fourth-order valence-electron chi connectivity index (χ4n) is 1.92. The maximum atomic E-state index is 11.0. The lowest BCUT2D eigenvalue weighted by atomic mass is 10.1. The van der Waals surface area contributed by atoms with Gasteiger partial charge < -0.3 is 10.6 Å². The van der Waals surface area contributed by atoms with E-state index in [9.17, 15) is 4.79 Å². The highest BCUT2D eigenvalue weighted by atomic mass is 32.1. The minimum Gasteiger partial charge on any atom is -0.355 e. The van der Waals surface area contributed by atoms with E-state index in [1.165, 1.54) is 16.9 Å². The van der Waals surface area contributed by atoms with Gasteiger partial charge in [-0.1, -0.05) is 13.0 Å². The Morgan fingerprint density at radius 2 is 2.24 bits per heavy atom. The zero-order chi connectivity index (χ0) is 15.1. The van der Waals surface area contributed by atoms with Gasteiger partial charge in [0, 0.05) is 17.6 Å². The maximum absolute atomic E-state index is 11.0. The molecule has 2 N–H and O–H groups in total. The molecular formula is C14H19N3OS3. The van der Waals surface area contributed by atoms with Crippen LogP contribution in [-0.2, 0) is 4.79 Å². The van der Waals surface area contributed by atoms with Gasteiger partial charge in [0.15, 0.2) is 0 Å². The second kappa shape index (κ2) is 8.41. The van der Waals surface area contributed by atoms with Crippen molar-refractivity contribution >= 4 is 56.6 Å². The minimum absolute atomic E-state index is 0.00520. The van der Waals surface area contributed by atoms with E-state index < -0.39 is 0 Å². The third-order valence-corrected chi connectivity index (χ3v) is 5.01. The molecule has 0 aliphatic rings. The van der Waals surface area contributed by atoms with Crippen molar-refractivity contribution in [3.05, 3.63) is 23.7 Å². The first kappa shape index (κ1) is 16.3. The van der Waals surface area contributed by atoms with Crippen molar-refractivity contribution in [3.8, 4) is 0 Å². The van der Waals surface area contributed by atoms with Gasteiger partial charge in [0.2, 0.25) is 5.91 Å². The molecular weight excluding hydrogens is 322 g/mol. The first-order valence-electron chi connectivity index (χ1n) is 6.86. The average molecular weight is 342 g/mol. The van der Waals surface area contributed by atoms with Crippen molar-refractivity contribution in [2.45, 2.75) is 25.7 Å². The van der Waals surface area contributed by atoms with Crippen LogP contribution in [0.1, 0.15) is 25.7 Å². The lowest BCUT2D eigenvalue weighted by molar-refractivity contribution is -0.118. The minimum atomic E-state index is -0.00520. The van der Waals surface area contributed by atoms with Crippen molar-refractivity contribution in [1.82, 2.24) is 9.69 Å². The second-order valence-corrected chi connectivity index (χ2v) is 6.68. The smallest absolute Gasteiger partial charge is 0.229 e. The summed E-state index contributed by atoms with van der Waals surface area (Å²) in [5.74, 6) is 0.251. The van der Waals surface area contributed by atoms with Gasteiger partial charge in [-0.3, -0.25) is 4.79 Å². The number of unbranched alkanes of at least 4 members (excludes halogenated alkanes) is 2. The molecule has 2 heterocycles. The zero-order valence-corrected chi connectivity index (χ0v) is 14.3. The number of anilines is 1. The molecule has 0 fully saturated rings. The Morgan fingerprint density at radius 3 is 3.05 bits per heavy atom. The molecule has 0 bridgehead atoms. The van der Waals surface area contributed by atoms with Crippen molar-refractivity contribution < 1.29 is 4.79 Å². The molecule has 0 atom stereocenters. The van der Waals surface area contributed by atoms with Crippen LogP contribution < -0.4 is 10.6 Å². The van der Waals surface area contributed by atoms with Crippen LogP contribution in [0.5, 0.6) is 0 Å². The number of hydrogen-bond acceptors (Lipinski definition) is 6. The van der Waals surface area contributed by atoms with Gasteiger partial charge in [0.05, 0.1) is 5.75 Å². The Balaban J connectivity index is 1.62. The third-order valence-electron chi connectivity index (χ3n) is 3.02. The van der Waals surface area contributed by atoms with Crippen LogP contribution in [0.2, 0.25) is 0 Å². The molecule has 114 valence electrons. The Morgan fingerprint density at radius 1 is 1.38 bits per heavy atom. The molecule has 0 aliphatic carbocycles. The molecule has 0 aromatic carbocycles. The Kier molecular flexibility index (Phi) is 6.53. The fraction of sp³-hybridized carbons (Fsp3) is 0.429. The molecule has 1 amide bonds. The predicted molar refractivity (Wildman–Crippen MR) is 95.6 cm³/mol. The van der Waals surface area contributed by atoms with E-state index in [1.54, 1.807) is 11.3 Å². The standard InChI is InChI=1S/C14H19N3OS3/c1-10(5-3-2-4-7-15-12(18)9-19)16-13-11-6-8-20-14(11)17-21-13/h6,8,16,19H,1-5,7,9H2,(H,15,18). The van der Waals surface area contributed by atoms with Gasteiger partial charge >= 0.3 is 0 Å². The molecule has 0 spiro atoms. The SMILES string of the molecule is C=C(CCCCCNC(=O)CS)Nc1snc2sccc12. The summed E-state index contributed by atoms with van der Waals surface area (Å²) in [5, 5.41) is 10.5. The van der Waals surface area contributed by atoms with Crippen LogP contribution in [0, 0.1) is 0 Å². The lowest BCUT2D eigenvalue weighted by Gasteiger charge is -2.07. The summed E-state index contributed by atoms with van der Waals surface area (Å²) in [6.45, 7) is 4.80. The molecule has 0 saturated heterocycles. The summed E-state index contributed by atoms with van der Waals surface area (Å²) in [4.78, 5) is 12.1. The highest BCUT2D eigenvalue weighted by Gasteiger charge is 2.07. The zero-order valence-electron chi connectivity index (χ0n) is 11.7. The third kappa shape index (κ3) is 5.01. The Bertz CT molecular complexity index is 605. The van der Waals surface area contributed by atoms with Gasteiger partial charge in [-0.05, 0) is 42.2 Å². The molecule has 4 nitrogen and oxygen atoms in total. The van der Waals surface area contributed by atoms with Crippen LogP contribution >= 0.6 is 35.5 Å². The monoisotopic (exact) mass is 341 g/mol. The van der Waals surface area contributed by atoms with Crippen LogP contribution in [0.15, 0.2) is 23.7 Å². The highest BCUT2D eigenvalue weighted by molar-refractivity contribution is 7.81. The Hall–Kier alpha value is -1.05. The summed E-state index contributed by atoms with van der Waals surface area (Å²) in [5.41, 5.74) is 1.02. The van der Waals surface area contributed by atoms with Crippen molar-refractivity contribution in [1.29, 1.82) is 0 Å². The molecule has 0 radical (unpaired) electrons. The average Bonchev–Trinajstić information content (AvgIpc) is 3.07. The number of carbonyl (C=O) groups is 1. The summed E-state index contributed by atoms with van der Waals surface area (Å²) in [7, 11) is 0. The van der Waals surface area contributed by atoms with Crippen molar-refractivity contribution in [2.24, 2.45) is 0 Å². The summed E-state index contributed by atoms with van der Waals surface area (Å²) < 4.78 is 4.39.